The fraction of sp³-hybridized carbons (Fsp3) is 0.391. The number of hydrogen-bond acceptors (Lipinski definition) is 3. The first-order valence-electron chi connectivity index (χ1n) is 10.1. The SMILES string of the molecule is CCN(C(=O)C1CCN(C(=O)CCOc2ccccc2)CC1)c1ccc(F)cc1. The lowest BCUT2D eigenvalue weighted by Gasteiger charge is -2.34. The summed E-state index contributed by atoms with van der Waals surface area (Å²) in [6, 6.07) is 15.4. The van der Waals surface area contributed by atoms with E-state index in [-0.39, 0.29) is 23.5 Å². The molecule has 1 saturated heterocycles. The Morgan fingerprint density at radius 1 is 1.07 bits per heavy atom. The smallest absolute Gasteiger partial charge is 0.230 e. The van der Waals surface area contributed by atoms with Crippen LogP contribution in [0.25, 0.3) is 0 Å². The number of anilines is 1. The van der Waals surface area contributed by atoms with E-state index < -0.39 is 0 Å². The highest BCUT2D eigenvalue weighted by atomic mass is 19.1. The van der Waals surface area contributed by atoms with Crippen molar-refractivity contribution in [1.82, 2.24) is 4.90 Å². The van der Waals surface area contributed by atoms with E-state index in [2.05, 4.69) is 0 Å². The van der Waals surface area contributed by atoms with E-state index in [0.717, 1.165) is 5.75 Å². The van der Waals surface area contributed by atoms with Crippen LogP contribution in [0.15, 0.2) is 54.6 Å². The van der Waals surface area contributed by atoms with Crippen LogP contribution >= 0.6 is 0 Å². The van der Waals surface area contributed by atoms with E-state index in [9.17, 15) is 14.0 Å². The number of para-hydroxylation sites is 1. The van der Waals surface area contributed by atoms with Gasteiger partial charge in [0, 0.05) is 31.2 Å². The second-order valence-electron chi connectivity index (χ2n) is 7.13. The van der Waals surface area contributed by atoms with Crippen LogP contribution in [-0.2, 0) is 9.59 Å². The molecule has 2 aromatic rings. The molecule has 0 spiro atoms. The highest BCUT2D eigenvalue weighted by molar-refractivity contribution is 5.95. The Morgan fingerprint density at radius 2 is 1.72 bits per heavy atom. The van der Waals surface area contributed by atoms with Gasteiger partial charge >= 0.3 is 0 Å². The van der Waals surface area contributed by atoms with E-state index in [4.69, 9.17) is 4.74 Å². The molecule has 2 aromatic carbocycles. The van der Waals surface area contributed by atoms with Crippen molar-refractivity contribution >= 4 is 17.5 Å². The van der Waals surface area contributed by atoms with Crippen molar-refractivity contribution in [3.63, 3.8) is 0 Å². The molecule has 1 aliphatic heterocycles. The standard InChI is InChI=1S/C23H27FN2O3/c1-2-26(20-10-8-19(24)9-11-20)23(28)18-12-15-25(16-13-18)22(27)14-17-29-21-6-4-3-5-7-21/h3-11,18H,2,12-17H2,1H3. The summed E-state index contributed by atoms with van der Waals surface area (Å²) in [5, 5.41) is 0. The maximum absolute atomic E-state index is 13.2. The quantitative estimate of drug-likeness (QED) is 0.711. The molecule has 1 aliphatic rings. The molecule has 2 amide bonds. The Balaban J connectivity index is 1.46. The zero-order valence-electron chi connectivity index (χ0n) is 16.7. The number of likely N-dealkylation sites (tertiary alicyclic amines) is 1. The van der Waals surface area contributed by atoms with E-state index in [0.29, 0.717) is 51.2 Å². The molecule has 29 heavy (non-hydrogen) atoms. The summed E-state index contributed by atoms with van der Waals surface area (Å²) in [6.07, 6.45) is 1.60. The van der Waals surface area contributed by atoms with Gasteiger partial charge in [0.05, 0.1) is 13.0 Å². The summed E-state index contributed by atoms with van der Waals surface area (Å²) in [5.74, 6) is 0.409. The maximum Gasteiger partial charge on any atom is 0.230 e. The van der Waals surface area contributed by atoms with Crippen LogP contribution in [0.1, 0.15) is 26.2 Å². The summed E-state index contributed by atoms with van der Waals surface area (Å²) < 4.78 is 18.8. The lowest BCUT2D eigenvalue weighted by molar-refractivity contribution is -0.135. The number of carbonyl (C=O) groups excluding carboxylic acids is 2. The molecule has 0 bridgehead atoms. The highest BCUT2D eigenvalue weighted by Crippen LogP contribution is 2.24. The molecule has 1 heterocycles. The van der Waals surface area contributed by atoms with Crippen LogP contribution in [0.5, 0.6) is 5.75 Å². The molecular formula is C23H27FN2O3. The third kappa shape index (κ3) is 5.56. The van der Waals surface area contributed by atoms with Crippen LogP contribution in [0, 0.1) is 11.7 Å². The minimum absolute atomic E-state index is 0.0404. The number of halogens is 1. The highest BCUT2D eigenvalue weighted by Gasteiger charge is 2.30. The fourth-order valence-electron chi connectivity index (χ4n) is 3.61. The number of benzene rings is 2. The summed E-state index contributed by atoms with van der Waals surface area (Å²) in [5.41, 5.74) is 0.704. The number of carbonyl (C=O) groups is 2. The molecule has 1 fully saturated rings. The average Bonchev–Trinajstić information content (AvgIpc) is 2.76. The molecular weight excluding hydrogens is 371 g/mol. The van der Waals surface area contributed by atoms with Gasteiger partial charge in [0.15, 0.2) is 0 Å². The number of rotatable bonds is 7. The van der Waals surface area contributed by atoms with Gasteiger partial charge in [-0.1, -0.05) is 18.2 Å². The molecule has 154 valence electrons. The normalized spacial score (nSPS) is 14.5. The number of nitrogens with zero attached hydrogens (tertiary/aromatic N) is 2. The van der Waals surface area contributed by atoms with Crippen molar-refractivity contribution in [3.05, 3.63) is 60.4 Å². The summed E-state index contributed by atoms with van der Waals surface area (Å²) in [6.45, 7) is 3.92. The molecule has 0 N–H and O–H groups in total. The monoisotopic (exact) mass is 398 g/mol. The first-order chi connectivity index (χ1) is 14.1. The zero-order chi connectivity index (χ0) is 20.6. The second-order valence-corrected chi connectivity index (χ2v) is 7.13. The predicted octanol–water partition coefficient (Wildman–Crippen LogP) is 3.89. The number of piperidine rings is 1. The van der Waals surface area contributed by atoms with Gasteiger partial charge in [-0.15, -0.1) is 0 Å². The minimum Gasteiger partial charge on any atom is -0.493 e. The van der Waals surface area contributed by atoms with Gasteiger partial charge in [-0.2, -0.15) is 0 Å². The van der Waals surface area contributed by atoms with Gasteiger partial charge in [-0.05, 0) is 56.2 Å². The van der Waals surface area contributed by atoms with Crippen LogP contribution in [0.3, 0.4) is 0 Å². The van der Waals surface area contributed by atoms with Crippen LogP contribution in [0.4, 0.5) is 10.1 Å². The largest absolute Gasteiger partial charge is 0.493 e. The Hall–Kier alpha value is -2.89. The number of hydrogen-bond donors (Lipinski definition) is 0. The van der Waals surface area contributed by atoms with Crippen LogP contribution in [-0.4, -0.2) is 43.0 Å². The third-order valence-electron chi connectivity index (χ3n) is 5.25. The first kappa shape index (κ1) is 20.8. The molecule has 0 saturated carbocycles. The van der Waals surface area contributed by atoms with Crippen molar-refractivity contribution in [3.8, 4) is 5.75 Å². The maximum atomic E-state index is 13.2. The molecule has 0 aromatic heterocycles. The minimum atomic E-state index is -0.319. The Bertz CT molecular complexity index is 803. The van der Waals surface area contributed by atoms with E-state index in [1.165, 1.54) is 12.1 Å². The molecule has 5 nitrogen and oxygen atoms in total. The lowest BCUT2D eigenvalue weighted by Crippen LogP contribution is -2.44. The molecule has 0 radical (unpaired) electrons. The van der Waals surface area contributed by atoms with E-state index >= 15 is 0 Å². The van der Waals surface area contributed by atoms with Gasteiger partial charge in [0.2, 0.25) is 11.8 Å². The van der Waals surface area contributed by atoms with E-state index in [1.54, 1.807) is 17.0 Å². The lowest BCUT2D eigenvalue weighted by atomic mass is 9.94. The molecule has 0 atom stereocenters. The third-order valence-corrected chi connectivity index (χ3v) is 5.25. The molecule has 6 heteroatoms. The first-order valence-corrected chi connectivity index (χ1v) is 10.1. The second kappa shape index (κ2) is 10.0. The van der Waals surface area contributed by atoms with Crippen molar-refractivity contribution in [2.24, 2.45) is 5.92 Å². The Morgan fingerprint density at radius 3 is 2.34 bits per heavy atom. The van der Waals surface area contributed by atoms with Crippen molar-refractivity contribution in [2.45, 2.75) is 26.2 Å². The van der Waals surface area contributed by atoms with Gasteiger partial charge < -0.3 is 14.5 Å². The fourth-order valence-corrected chi connectivity index (χ4v) is 3.61. The number of ether oxygens (including phenoxy) is 1. The van der Waals surface area contributed by atoms with Gasteiger partial charge in [0.1, 0.15) is 11.6 Å². The Labute approximate surface area is 171 Å². The predicted molar refractivity (Wildman–Crippen MR) is 110 cm³/mol. The summed E-state index contributed by atoms with van der Waals surface area (Å²) in [7, 11) is 0. The average molecular weight is 398 g/mol. The molecule has 3 rings (SSSR count). The topological polar surface area (TPSA) is 49.9 Å². The van der Waals surface area contributed by atoms with E-state index in [1.807, 2.05) is 42.2 Å². The van der Waals surface area contributed by atoms with Crippen molar-refractivity contribution in [1.29, 1.82) is 0 Å². The van der Waals surface area contributed by atoms with Gasteiger partial charge in [0.25, 0.3) is 0 Å². The van der Waals surface area contributed by atoms with Crippen molar-refractivity contribution < 1.29 is 18.7 Å². The van der Waals surface area contributed by atoms with Crippen LogP contribution < -0.4 is 9.64 Å². The van der Waals surface area contributed by atoms with Gasteiger partial charge in [-0.25, -0.2) is 4.39 Å². The Kier molecular flexibility index (Phi) is 7.22. The van der Waals surface area contributed by atoms with Crippen molar-refractivity contribution in [2.75, 3.05) is 31.1 Å². The van der Waals surface area contributed by atoms with Crippen LogP contribution in [0.2, 0.25) is 0 Å². The molecule has 0 aliphatic carbocycles. The number of amides is 2. The summed E-state index contributed by atoms with van der Waals surface area (Å²) >= 11 is 0. The molecule has 0 unspecified atom stereocenters. The van der Waals surface area contributed by atoms with Gasteiger partial charge in [-0.3, -0.25) is 9.59 Å². The zero-order valence-corrected chi connectivity index (χ0v) is 16.7. The summed E-state index contributed by atoms with van der Waals surface area (Å²) in [4.78, 5) is 28.9.